The smallest absolute Gasteiger partial charge is 0.339 e. The van der Waals surface area contributed by atoms with Crippen molar-refractivity contribution in [3.8, 4) is 5.75 Å². The molecule has 1 aliphatic heterocycles. The summed E-state index contributed by atoms with van der Waals surface area (Å²) in [7, 11) is 1.64. The minimum absolute atomic E-state index is 0.110. The van der Waals surface area contributed by atoms with Crippen LogP contribution in [0, 0.1) is 5.82 Å². The van der Waals surface area contributed by atoms with Crippen LogP contribution in [0.1, 0.15) is 0 Å². The Labute approximate surface area is 119 Å². The van der Waals surface area contributed by atoms with Crippen molar-refractivity contribution in [3.05, 3.63) is 48.3 Å². The van der Waals surface area contributed by atoms with E-state index >= 15 is 0 Å². The Balaban J connectivity index is 2.02. The molecule has 0 saturated heterocycles. The third-order valence-electron chi connectivity index (χ3n) is 3.02. The minimum Gasteiger partial charge on any atom is -0.508 e. The van der Waals surface area contributed by atoms with Crippen molar-refractivity contribution in [2.24, 2.45) is 0 Å². The number of rotatable bonds is 1. The molecule has 0 saturated carbocycles. The van der Waals surface area contributed by atoms with E-state index in [9.17, 15) is 14.3 Å². The van der Waals surface area contributed by atoms with Crippen molar-refractivity contribution < 1.29 is 14.3 Å². The quantitative estimate of drug-likeness (QED) is 0.816. The fraction of sp³-hybridized carbons (Fsp3) is 0.0714. The van der Waals surface area contributed by atoms with E-state index in [1.54, 1.807) is 37.4 Å². The van der Waals surface area contributed by atoms with E-state index in [2.05, 4.69) is 0 Å². The highest BCUT2D eigenvalue weighted by Crippen LogP contribution is 2.42. The van der Waals surface area contributed by atoms with E-state index < -0.39 is 0 Å². The number of amides is 2. The second-order valence-electron chi connectivity index (χ2n) is 4.36. The van der Waals surface area contributed by atoms with Gasteiger partial charge in [0.05, 0.1) is 16.3 Å². The molecule has 20 heavy (non-hydrogen) atoms. The average Bonchev–Trinajstić information content (AvgIpc) is 2.44. The number of hydrogen-bond donors (Lipinski definition) is 1. The maximum absolute atomic E-state index is 13.0. The molecule has 0 aromatic heterocycles. The highest BCUT2D eigenvalue weighted by atomic mass is 32.2. The molecule has 0 atom stereocenters. The largest absolute Gasteiger partial charge is 0.508 e. The summed E-state index contributed by atoms with van der Waals surface area (Å²) in [6.45, 7) is 0. The van der Waals surface area contributed by atoms with Crippen molar-refractivity contribution in [1.29, 1.82) is 0 Å². The SMILES string of the molecule is CN1C(=O)N(c2ccc(F)cc2)Sc2ccc(O)cc21. The lowest BCUT2D eigenvalue weighted by atomic mass is 10.2. The van der Waals surface area contributed by atoms with E-state index in [-0.39, 0.29) is 17.6 Å². The van der Waals surface area contributed by atoms with Gasteiger partial charge in [-0.3, -0.25) is 4.90 Å². The van der Waals surface area contributed by atoms with Crippen LogP contribution in [0.5, 0.6) is 5.75 Å². The molecular formula is C14H11FN2O2S. The first-order valence-electron chi connectivity index (χ1n) is 5.90. The molecule has 0 radical (unpaired) electrons. The summed E-state index contributed by atoms with van der Waals surface area (Å²) in [5.41, 5.74) is 1.25. The second kappa shape index (κ2) is 4.72. The summed E-state index contributed by atoms with van der Waals surface area (Å²) in [4.78, 5) is 14.6. The Bertz CT molecular complexity index is 675. The van der Waals surface area contributed by atoms with Gasteiger partial charge in [-0.05, 0) is 48.3 Å². The van der Waals surface area contributed by atoms with Gasteiger partial charge in [-0.1, -0.05) is 0 Å². The molecule has 1 heterocycles. The fourth-order valence-electron chi connectivity index (χ4n) is 1.96. The molecule has 0 unspecified atom stereocenters. The van der Waals surface area contributed by atoms with Gasteiger partial charge >= 0.3 is 6.03 Å². The monoisotopic (exact) mass is 290 g/mol. The topological polar surface area (TPSA) is 43.8 Å². The molecule has 102 valence electrons. The number of halogens is 1. The standard InChI is InChI=1S/C14H11FN2O2S/c1-16-12-8-11(18)6-7-13(12)20-17(14(16)19)10-4-2-9(15)3-5-10/h2-8,18H,1H3. The number of carbonyl (C=O) groups is 1. The Morgan fingerprint density at radius 1 is 1.15 bits per heavy atom. The third-order valence-corrected chi connectivity index (χ3v) is 4.11. The average molecular weight is 290 g/mol. The molecule has 1 N–H and O–H groups in total. The van der Waals surface area contributed by atoms with Crippen LogP contribution in [0.3, 0.4) is 0 Å². The molecule has 6 heteroatoms. The number of nitrogens with zero attached hydrogens (tertiary/aromatic N) is 2. The Morgan fingerprint density at radius 3 is 2.55 bits per heavy atom. The van der Waals surface area contributed by atoms with Gasteiger partial charge in [-0.25, -0.2) is 13.5 Å². The number of carbonyl (C=O) groups excluding carboxylic acids is 1. The van der Waals surface area contributed by atoms with Crippen molar-refractivity contribution in [1.82, 2.24) is 0 Å². The van der Waals surface area contributed by atoms with Crippen LogP contribution >= 0.6 is 11.9 Å². The first-order valence-corrected chi connectivity index (χ1v) is 6.68. The molecule has 3 rings (SSSR count). The second-order valence-corrected chi connectivity index (χ2v) is 5.34. The van der Waals surface area contributed by atoms with Gasteiger partial charge in [0.2, 0.25) is 0 Å². The Hall–Kier alpha value is -2.21. The predicted octanol–water partition coefficient (Wildman–Crippen LogP) is 3.61. The van der Waals surface area contributed by atoms with Crippen LogP contribution in [0.25, 0.3) is 0 Å². The summed E-state index contributed by atoms with van der Waals surface area (Å²) in [5.74, 6) is -0.235. The number of fused-ring (bicyclic) bond motifs is 1. The lowest BCUT2D eigenvalue weighted by Crippen LogP contribution is -2.40. The Kier molecular flexibility index (Phi) is 3.02. The highest BCUT2D eigenvalue weighted by molar-refractivity contribution is 8.01. The van der Waals surface area contributed by atoms with Crippen LogP contribution in [-0.4, -0.2) is 18.2 Å². The number of aromatic hydroxyl groups is 1. The summed E-state index contributed by atoms with van der Waals surface area (Å²) in [6.07, 6.45) is 0. The first kappa shape index (κ1) is 12.8. The van der Waals surface area contributed by atoms with E-state index in [1.165, 1.54) is 33.3 Å². The summed E-state index contributed by atoms with van der Waals surface area (Å²) in [6, 6.07) is 10.3. The highest BCUT2D eigenvalue weighted by Gasteiger charge is 2.30. The zero-order valence-corrected chi connectivity index (χ0v) is 11.4. The van der Waals surface area contributed by atoms with Gasteiger partial charge in [-0.15, -0.1) is 0 Å². The van der Waals surface area contributed by atoms with Crippen molar-refractivity contribution in [3.63, 3.8) is 0 Å². The summed E-state index contributed by atoms with van der Waals surface area (Å²) in [5, 5.41) is 9.50. The van der Waals surface area contributed by atoms with Gasteiger partial charge in [-0.2, -0.15) is 0 Å². The summed E-state index contributed by atoms with van der Waals surface area (Å²) < 4.78 is 14.4. The van der Waals surface area contributed by atoms with Gasteiger partial charge in [0, 0.05) is 13.1 Å². The van der Waals surface area contributed by atoms with Gasteiger partial charge in [0.15, 0.2) is 0 Å². The molecule has 2 aromatic rings. The van der Waals surface area contributed by atoms with E-state index in [1.807, 2.05) is 0 Å². The zero-order valence-electron chi connectivity index (χ0n) is 10.6. The Morgan fingerprint density at radius 2 is 1.85 bits per heavy atom. The van der Waals surface area contributed by atoms with Crippen LogP contribution < -0.4 is 9.21 Å². The maximum atomic E-state index is 13.0. The molecule has 4 nitrogen and oxygen atoms in total. The zero-order chi connectivity index (χ0) is 14.3. The predicted molar refractivity (Wildman–Crippen MR) is 76.6 cm³/mol. The molecule has 1 aliphatic rings. The molecule has 0 aliphatic carbocycles. The normalized spacial score (nSPS) is 14.4. The minimum atomic E-state index is -0.345. The van der Waals surface area contributed by atoms with Crippen LogP contribution in [0.2, 0.25) is 0 Å². The number of phenols is 1. The van der Waals surface area contributed by atoms with E-state index in [0.717, 1.165) is 4.90 Å². The van der Waals surface area contributed by atoms with Gasteiger partial charge < -0.3 is 5.11 Å². The number of urea groups is 1. The number of phenolic OH excluding ortho intramolecular Hbond substituents is 1. The molecule has 2 aromatic carbocycles. The van der Waals surface area contributed by atoms with Crippen LogP contribution in [0.15, 0.2) is 47.4 Å². The molecular weight excluding hydrogens is 279 g/mol. The van der Waals surface area contributed by atoms with Gasteiger partial charge in [0.1, 0.15) is 11.6 Å². The van der Waals surface area contributed by atoms with Crippen molar-refractivity contribution >= 4 is 29.4 Å². The molecule has 0 bridgehead atoms. The molecule has 0 fully saturated rings. The molecule has 0 spiro atoms. The summed E-state index contributed by atoms with van der Waals surface area (Å²) >= 11 is 1.25. The number of hydrogen-bond acceptors (Lipinski definition) is 3. The first-order chi connectivity index (χ1) is 9.56. The fourth-order valence-corrected chi connectivity index (χ4v) is 3.00. The van der Waals surface area contributed by atoms with Crippen molar-refractivity contribution in [2.75, 3.05) is 16.3 Å². The van der Waals surface area contributed by atoms with Crippen molar-refractivity contribution in [2.45, 2.75) is 4.90 Å². The number of benzene rings is 2. The molecule has 2 amide bonds. The maximum Gasteiger partial charge on any atom is 0.339 e. The van der Waals surface area contributed by atoms with Crippen LogP contribution in [-0.2, 0) is 0 Å². The number of anilines is 2. The van der Waals surface area contributed by atoms with E-state index in [0.29, 0.717) is 11.4 Å². The van der Waals surface area contributed by atoms with E-state index in [4.69, 9.17) is 0 Å². The van der Waals surface area contributed by atoms with Gasteiger partial charge in [0.25, 0.3) is 0 Å². The lowest BCUT2D eigenvalue weighted by Gasteiger charge is -2.33. The van der Waals surface area contributed by atoms with Crippen LogP contribution in [0.4, 0.5) is 20.6 Å². The lowest BCUT2D eigenvalue weighted by molar-refractivity contribution is 0.255. The third kappa shape index (κ3) is 2.08.